The monoisotopic (exact) mass is 208 g/mol. The third kappa shape index (κ3) is 2.61. The van der Waals surface area contributed by atoms with Crippen molar-refractivity contribution in [3.05, 3.63) is 12.2 Å². The van der Waals surface area contributed by atoms with Crippen molar-refractivity contribution in [2.75, 3.05) is 26.7 Å². The Kier molecular flexibility index (Phi) is 3.81. The number of nitrogens with zero attached hydrogens (tertiary/aromatic N) is 1. The highest BCUT2D eigenvalue weighted by Crippen LogP contribution is 2.36. The van der Waals surface area contributed by atoms with E-state index in [1.54, 1.807) is 0 Å². The van der Waals surface area contributed by atoms with Crippen LogP contribution in [-0.2, 0) is 0 Å². The molecule has 0 aromatic carbocycles. The molecule has 2 fully saturated rings. The molecule has 0 radical (unpaired) electrons. The summed E-state index contributed by atoms with van der Waals surface area (Å²) in [5, 5.41) is 3.19. The zero-order valence-electron chi connectivity index (χ0n) is 9.97. The fraction of sp³-hybridized carbons (Fsp3) is 0.846. The molecule has 0 aromatic rings. The minimum Gasteiger partial charge on any atom is -0.316 e. The Morgan fingerprint density at radius 1 is 1.33 bits per heavy atom. The van der Waals surface area contributed by atoms with Crippen LogP contribution in [0.2, 0.25) is 0 Å². The van der Waals surface area contributed by atoms with Gasteiger partial charge in [0.25, 0.3) is 0 Å². The molecule has 2 nitrogen and oxygen atoms in total. The topological polar surface area (TPSA) is 15.3 Å². The van der Waals surface area contributed by atoms with E-state index >= 15 is 0 Å². The number of nitrogens with one attached hydrogen (secondary N) is 1. The first-order chi connectivity index (χ1) is 7.31. The number of hydrogen-bond acceptors (Lipinski definition) is 2. The average molecular weight is 208 g/mol. The lowest BCUT2D eigenvalue weighted by molar-refractivity contribution is 0.194. The largest absolute Gasteiger partial charge is 0.316 e. The van der Waals surface area contributed by atoms with Gasteiger partial charge in [0, 0.05) is 19.1 Å². The summed E-state index contributed by atoms with van der Waals surface area (Å²) in [6.45, 7) is 7.52. The Morgan fingerprint density at radius 3 is 2.93 bits per heavy atom. The highest BCUT2D eigenvalue weighted by molar-refractivity contribution is 5.03. The zero-order chi connectivity index (χ0) is 10.7. The fourth-order valence-electron chi connectivity index (χ4n) is 3.29. The summed E-state index contributed by atoms with van der Waals surface area (Å²) < 4.78 is 0. The van der Waals surface area contributed by atoms with Crippen molar-refractivity contribution in [3.63, 3.8) is 0 Å². The highest BCUT2D eigenvalue weighted by atomic mass is 15.2. The molecule has 0 spiro atoms. The van der Waals surface area contributed by atoms with Crippen molar-refractivity contribution in [1.29, 1.82) is 0 Å². The molecule has 86 valence electrons. The third-order valence-electron chi connectivity index (χ3n) is 3.98. The van der Waals surface area contributed by atoms with E-state index in [0.717, 1.165) is 25.0 Å². The molecule has 1 saturated heterocycles. The molecule has 15 heavy (non-hydrogen) atoms. The van der Waals surface area contributed by atoms with Gasteiger partial charge in [-0.3, -0.25) is 4.90 Å². The van der Waals surface area contributed by atoms with Gasteiger partial charge >= 0.3 is 0 Å². The Bertz CT molecular complexity index is 225. The molecule has 2 aliphatic rings. The van der Waals surface area contributed by atoms with Gasteiger partial charge in [-0.05, 0) is 44.3 Å². The molecule has 0 bridgehead atoms. The van der Waals surface area contributed by atoms with Crippen LogP contribution in [0, 0.1) is 5.92 Å². The maximum Gasteiger partial charge on any atom is 0.0205 e. The van der Waals surface area contributed by atoms with Crippen molar-refractivity contribution in [1.82, 2.24) is 10.2 Å². The van der Waals surface area contributed by atoms with Crippen molar-refractivity contribution < 1.29 is 0 Å². The van der Waals surface area contributed by atoms with E-state index in [0.29, 0.717) is 0 Å². The predicted molar refractivity (Wildman–Crippen MR) is 65.0 cm³/mol. The Labute approximate surface area is 93.7 Å². The van der Waals surface area contributed by atoms with E-state index in [9.17, 15) is 0 Å². The second kappa shape index (κ2) is 5.13. The van der Waals surface area contributed by atoms with Gasteiger partial charge in [0.1, 0.15) is 0 Å². The normalized spacial score (nSPS) is 31.5. The number of likely N-dealkylation sites (N-methyl/N-ethyl adjacent to an activating group) is 1. The molecule has 1 N–H and O–H groups in total. The van der Waals surface area contributed by atoms with Crippen LogP contribution >= 0.6 is 0 Å². The molecule has 2 unspecified atom stereocenters. The molecule has 1 aliphatic carbocycles. The molecular formula is C13H24N2. The van der Waals surface area contributed by atoms with Gasteiger partial charge in [-0.2, -0.15) is 0 Å². The van der Waals surface area contributed by atoms with Crippen molar-refractivity contribution >= 4 is 0 Å². The first kappa shape index (κ1) is 11.2. The van der Waals surface area contributed by atoms with E-state index in [1.165, 1.54) is 44.2 Å². The molecule has 2 atom stereocenters. The smallest absolute Gasteiger partial charge is 0.0205 e. The first-order valence-electron chi connectivity index (χ1n) is 6.36. The second-order valence-electron chi connectivity index (χ2n) is 5.15. The van der Waals surface area contributed by atoms with E-state index in [2.05, 4.69) is 16.8 Å². The SMILES string of the molecule is C=C(CNC)CN1CCC2CCCCC21. The zero-order valence-corrected chi connectivity index (χ0v) is 9.97. The van der Waals surface area contributed by atoms with Crippen LogP contribution in [0.1, 0.15) is 32.1 Å². The Balaban J connectivity index is 1.85. The van der Waals surface area contributed by atoms with Gasteiger partial charge in [-0.1, -0.05) is 19.4 Å². The van der Waals surface area contributed by atoms with Crippen LogP contribution < -0.4 is 5.32 Å². The van der Waals surface area contributed by atoms with Gasteiger partial charge in [0.15, 0.2) is 0 Å². The molecule has 0 amide bonds. The standard InChI is InChI=1S/C13H24N2/c1-11(9-14-2)10-15-8-7-12-5-3-4-6-13(12)15/h12-14H,1,3-10H2,2H3. The molecule has 2 heteroatoms. The van der Waals surface area contributed by atoms with E-state index in [4.69, 9.17) is 0 Å². The quantitative estimate of drug-likeness (QED) is 0.711. The summed E-state index contributed by atoms with van der Waals surface area (Å²) in [5.74, 6) is 1.00. The predicted octanol–water partition coefficient (Wildman–Crippen LogP) is 2.03. The first-order valence-corrected chi connectivity index (χ1v) is 6.36. The summed E-state index contributed by atoms with van der Waals surface area (Å²) in [4.78, 5) is 2.67. The molecule has 1 aliphatic heterocycles. The number of rotatable bonds is 4. The lowest BCUT2D eigenvalue weighted by atomic mass is 9.85. The van der Waals surface area contributed by atoms with Crippen molar-refractivity contribution in [2.24, 2.45) is 5.92 Å². The van der Waals surface area contributed by atoms with Crippen molar-refractivity contribution in [2.45, 2.75) is 38.1 Å². The van der Waals surface area contributed by atoms with Crippen LogP contribution in [0.3, 0.4) is 0 Å². The minimum absolute atomic E-state index is 0.882. The summed E-state index contributed by atoms with van der Waals surface area (Å²) in [7, 11) is 2.00. The summed E-state index contributed by atoms with van der Waals surface area (Å²) in [5.41, 5.74) is 1.34. The number of hydrogen-bond donors (Lipinski definition) is 1. The van der Waals surface area contributed by atoms with E-state index < -0.39 is 0 Å². The molecule has 2 rings (SSSR count). The summed E-state index contributed by atoms with van der Waals surface area (Å²) in [6, 6.07) is 0.882. The van der Waals surface area contributed by atoms with Gasteiger partial charge in [0.2, 0.25) is 0 Å². The van der Waals surface area contributed by atoms with Crippen LogP contribution in [0.4, 0.5) is 0 Å². The maximum absolute atomic E-state index is 4.14. The van der Waals surface area contributed by atoms with Gasteiger partial charge in [0.05, 0.1) is 0 Å². The van der Waals surface area contributed by atoms with Gasteiger partial charge in [-0.25, -0.2) is 0 Å². The Morgan fingerprint density at radius 2 is 2.13 bits per heavy atom. The number of fused-ring (bicyclic) bond motifs is 1. The van der Waals surface area contributed by atoms with E-state index in [-0.39, 0.29) is 0 Å². The summed E-state index contributed by atoms with van der Waals surface area (Å²) in [6.07, 6.45) is 7.23. The molecule has 1 heterocycles. The van der Waals surface area contributed by atoms with Crippen molar-refractivity contribution in [3.8, 4) is 0 Å². The van der Waals surface area contributed by atoms with Crippen LogP contribution in [-0.4, -0.2) is 37.6 Å². The molecule has 0 aromatic heterocycles. The van der Waals surface area contributed by atoms with Gasteiger partial charge in [-0.15, -0.1) is 0 Å². The van der Waals surface area contributed by atoms with Gasteiger partial charge < -0.3 is 5.32 Å². The Hall–Kier alpha value is -0.340. The maximum atomic E-state index is 4.14. The van der Waals surface area contributed by atoms with Crippen LogP contribution in [0.5, 0.6) is 0 Å². The third-order valence-corrected chi connectivity index (χ3v) is 3.98. The molecule has 1 saturated carbocycles. The highest BCUT2D eigenvalue weighted by Gasteiger charge is 2.35. The number of likely N-dealkylation sites (tertiary alicyclic amines) is 1. The lowest BCUT2D eigenvalue weighted by Gasteiger charge is -2.32. The molecular weight excluding hydrogens is 184 g/mol. The minimum atomic E-state index is 0.882. The van der Waals surface area contributed by atoms with E-state index in [1.807, 2.05) is 7.05 Å². The second-order valence-corrected chi connectivity index (χ2v) is 5.15. The lowest BCUT2D eigenvalue weighted by Crippen LogP contribution is -2.36. The summed E-state index contributed by atoms with van der Waals surface area (Å²) >= 11 is 0. The average Bonchev–Trinajstić information content (AvgIpc) is 2.62. The van der Waals surface area contributed by atoms with Crippen LogP contribution in [0.25, 0.3) is 0 Å². The van der Waals surface area contributed by atoms with Crippen LogP contribution in [0.15, 0.2) is 12.2 Å². The fourth-order valence-corrected chi connectivity index (χ4v) is 3.29.